The first-order valence-corrected chi connectivity index (χ1v) is 9.00. The van der Waals surface area contributed by atoms with E-state index in [2.05, 4.69) is 20.9 Å². The second-order valence-corrected chi connectivity index (χ2v) is 6.87. The summed E-state index contributed by atoms with van der Waals surface area (Å²) in [5, 5.41) is 0. The Morgan fingerprint density at radius 1 is 1.26 bits per heavy atom. The number of aliphatic imine (C=N–C) groups is 1. The first-order valence-electron chi connectivity index (χ1n) is 8.20. The van der Waals surface area contributed by atoms with Gasteiger partial charge in [0.25, 0.3) is 0 Å². The summed E-state index contributed by atoms with van der Waals surface area (Å²) in [6.45, 7) is 3.82. The van der Waals surface area contributed by atoms with Crippen LogP contribution >= 0.6 is 15.9 Å². The number of esters is 1. The van der Waals surface area contributed by atoms with Gasteiger partial charge in [0.2, 0.25) is 5.90 Å². The van der Waals surface area contributed by atoms with Crippen molar-refractivity contribution in [2.24, 2.45) is 4.99 Å². The maximum Gasteiger partial charge on any atom is 0.363 e. The fourth-order valence-corrected chi connectivity index (χ4v) is 3.04. The van der Waals surface area contributed by atoms with Crippen LogP contribution < -0.4 is 9.47 Å². The van der Waals surface area contributed by atoms with Gasteiger partial charge in [-0.3, -0.25) is 0 Å². The molecule has 0 N–H and O–H groups in total. The normalized spacial score (nSPS) is 15.1. The molecule has 0 bridgehead atoms. The minimum absolute atomic E-state index is 0.0304. The highest BCUT2D eigenvalue weighted by Gasteiger charge is 2.26. The molecule has 5 nitrogen and oxygen atoms in total. The Bertz CT molecular complexity index is 953. The van der Waals surface area contributed by atoms with Gasteiger partial charge in [0.1, 0.15) is 5.82 Å². The Morgan fingerprint density at radius 2 is 2.00 bits per heavy atom. The van der Waals surface area contributed by atoms with E-state index in [1.54, 1.807) is 30.3 Å². The third-order valence-electron chi connectivity index (χ3n) is 3.63. The molecule has 0 radical (unpaired) electrons. The highest BCUT2D eigenvalue weighted by atomic mass is 79.9. The Morgan fingerprint density at radius 3 is 2.67 bits per heavy atom. The molecule has 3 rings (SSSR count). The number of carbonyl (C=O) groups is 1. The third kappa shape index (κ3) is 4.19. The van der Waals surface area contributed by atoms with Crippen LogP contribution in [0.5, 0.6) is 11.5 Å². The fraction of sp³-hybridized carbons (Fsp3) is 0.200. The van der Waals surface area contributed by atoms with Gasteiger partial charge in [-0.05, 0) is 65.7 Å². The quantitative estimate of drug-likeness (QED) is 0.505. The van der Waals surface area contributed by atoms with Crippen molar-refractivity contribution in [2.45, 2.75) is 20.0 Å². The van der Waals surface area contributed by atoms with Gasteiger partial charge in [-0.25, -0.2) is 14.2 Å². The van der Waals surface area contributed by atoms with Crippen LogP contribution in [0.3, 0.4) is 0 Å². The molecular weight excluding hydrogens is 417 g/mol. The van der Waals surface area contributed by atoms with E-state index in [0.717, 1.165) is 0 Å². The van der Waals surface area contributed by atoms with Crippen LogP contribution in [0.25, 0.3) is 6.08 Å². The van der Waals surface area contributed by atoms with Crippen LogP contribution in [0.2, 0.25) is 0 Å². The maximum atomic E-state index is 13.9. The topological polar surface area (TPSA) is 57.1 Å². The van der Waals surface area contributed by atoms with E-state index in [9.17, 15) is 9.18 Å². The Labute approximate surface area is 164 Å². The fourth-order valence-electron chi connectivity index (χ4n) is 2.49. The second-order valence-electron chi connectivity index (χ2n) is 6.02. The lowest BCUT2D eigenvalue weighted by atomic mass is 10.1. The maximum absolute atomic E-state index is 13.9. The number of hydrogen-bond acceptors (Lipinski definition) is 5. The summed E-state index contributed by atoms with van der Waals surface area (Å²) in [7, 11) is 1.53. The molecule has 0 saturated carbocycles. The van der Waals surface area contributed by atoms with E-state index in [1.165, 1.54) is 19.2 Å². The van der Waals surface area contributed by atoms with Gasteiger partial charge in [-0.2, -0.15) is 0 Å². The molecule has 0 aliphatic carbocycles. The van der Waals surface area contributed by atoms with Crippen molar-refractivity contribution in [3.8, 4) is 11.5 Å². The van der Waals surface area contributed by atoms with E-state index in [4.69, 9.17) is 14.2 Å². The summed E-state index contributed by atoms with van der Waals surface area (Å²) in [5.41, 5.74) is 0.855. The van der Waals surface area contributed by atoms with Crippen LogP contribution in [0.15, 0.2) is 51.6 Å². The molecule has 2 aromatic rings. The van der Waals surface area contributed by atoms with Crippen molar-refractivity contribution in [3.05, 3.63) is 63.5 Å². The van der Waals surface area contributed by atoms with Crippen molar-refractivity contribution in [2.75, 3.05) is 7.11 Å². The summed E-state index contributed by atoms with van der Waals surface area (Å²) in [5.74, 6) is -0.139. The molecule has 0 spiro atoms. The number of nitrogens with zero attached hydrogens (tertiary/aromatic N) is 1. The number of cyclic esters (lactones) is 1. The predicted molar refractivity (Wildman–Crippen MR) is 103 cm³/mol. The first kappa shape index (κ1) is 19.1. The molecule has 1 aliphatic rings. The average molecular weight is 434 g/mol. The van der Waals surface area contributed by atoms with E-state index >= 15 is 0 Å². The molecule has 0 atom stereocenters. The summed E-state index contributed by atoms with van der Waals surface area (Å²) in [6.07, 6.45) is 1.51. The van der Waals surface area contributed by atoms with Gasteiger partial charge in [0, 0.05) is 0 Å². The Kier molecular flexibility index (Phi) is 5.60. The minimum atomic E-state index is -0.647. The van der Waals surface area contributed by atoms with Crippen molar-refractivity contribution >= 4 is 33.9 Å². The number of rotatable bonds is 5. The van der Waals surface area contributed by atoms with Gasteiger partial charge < -0.3 is 14.2 Å². The molecule has 0 unspecified atom stereocenters. The zero-order chi connectivity index (χ0) is 19.6. The number of carbonyl (C=O) groups excluding carboxylic acids is 1. The summed E-state index contributed by atoms with van der Waals surface area (Å²) < 4.78 is 30.8. The smallest absolute Gasteiger partial charge is 0.363 e. The van der Waals surface area contributed by atoms with Crippen LogP contribution in [0.1, 0.15) is 25.0 Å². The number of ether oxygens (including phenoxy) is 3. The van der Waals surface area contributed by atoms with Gasteiger partial charge in [0.05, 0.1) is 23.2 Å². The molecule has 140 valence electrons. The van der Waals surface area contributed by atoms with Crippen LogP contribution in [-0.4, -0.2) is 25.1 Å². The zero-order valence-electron chi connectivity index (χ0n) is 15.0. The van der Waals surface area contributed by atoms with Gasteiger partial charge in [0.15, 0.2) is 17.2 Å². The Balaban J connectivity index is 1.98. The van der Waals surface area contributed by atoms with Crippen LogP contribution in [0.4, 0.5) is 4.39 Å². The molecule has 0 amide bonds. The number of methoxy groups -OCH3 is 1. The SMILES string of the molecule is COc1cc(/C=C2\N=C(c3ccccc3F)OC2=O)cc(Br)c1OC(C)C. The standard InChI is InChI=1S/C20H17BrFNO4/c1-11(2)26-18-14(21)8-12(10-17(18)25-3)9-16-20(24)27-19(23-16)13-6-4-5-7-15(13)22/h4-11H,1-3H3/b16-9-. The van der Waals surface area contributed by atoms with Crippen molar-refractivity contribution < 1.29 is 23.4 Å². The molecule has 0 aromatic heterocycles. The van der Waals surface area contributed by atoms with Crippen LogP contribution in [-0.2, 0) is 9.53 Å². The average Bonchev–Trinajstić information content (AvgIpc) is 2.97. The molecule has 0 fully saturated rings. The lowest BCUT2D eigenvalue weighted by Gasteiger charge is -2.15. The highest BCUT2D eigenvalue weighted by molar-refractivity contribution is 9.10. The molecule has 1 heterocycles. The van der Waals surface area contributed by atoms with E-state index in [1.807, 2.05) is 13.8 Å². The van der Waals surface area contributed by atoms with Crippen LogP contribution in [0, 0.1) is 5.82 Å². The summed E-state index contributed by atoms with van der Waals surface area (Å²) >= 11 is 3.45. The predicted octanol–water partition coefficient (Wildman–Crippen LogP) is 4.73. The monoisotopic (exact) mass is 433 g/mol. The lowest BCUT2D eigenvalue weighted by molar-refractivity contribution is -0.129. The molecule has 1 aliphatic heterocycles. The minimum Gasteiger partial charge on any atom is -0.493 e. The number of halogens is 2. The van der Waals surface area contributed by atoms with E-state index in [0.29, 0.717) is 21.5 Å². The molecular formula is C20H17BrFNO4. The summed E-state index contributed by atoms with van der Waals surface area (Å²) in [4.78, 5) is 16.3. The molecule has 7 heteroatoms. The molecule has 27 heavy (non-hydrogen) atoms. The van der Waals surface area contributed by atoms with Crippen molar-refractivity contribution in [1.29, 1.82) is 0 Å². The van der Waals surface area contributed by atoms with Crippen molar-refractivity contribution in [1.82, 2.24) is 0 Å². The largest absolute Gasteiger partial charge is 0.493 e. The molecule has 0 saturated heterocycles. The second kappa shape index (κ2) is 7.92. The van der Waals surface area contributed by atoms with E-state index in [-0.39, 0.29) is 23.3 Å². The van der Waals surface area contributed by atoms with E-state index < -0.39 is 11.8 Å². The zero-order valence-corrected chi connectivity index (χ0v) is 16.5. The van der Waals surface area contributed by atoms with Gasteiger partial charge >= 0.3 is 5.97 Å². The number of hydrogen-bond donors (Lipinski definition) is 0. The number of benzene rings is 2. The molecule has 2 aromatic carbocycles. The third-order valence-corrected chi connectivity index (χ3v) is 4.22. The lowest BCUT2D eigenvalue weighted by Crippen LogP contribution is -2.07. The first-order chi connectivity index (χ1) is 12.9. The Hall–Kier alpha value is -2.67. The van der Waals surface area contributed by atoms with Gasteiger partial charge in [-0.1, -0.05) is 12.1 Å². The van der Waals surface area contributed by atoms with Gasteiger partial charge in [-0.15, -0.1) is 0 Å². The van der Waals surface area contributed by atoms with Crippen molar-refractivity contribution in [3.63, 3.8) is 0 Å². The highest BCUT2D eigenvalue weighted by Crippen LogP contribution is 2.38. The summed E-state index contributed by atoms with van der Waals surface area (Å²) in [6, 6.07) is 9.48.